The molecule has 2 heterocycles. The van der Waals surface area contributed by atoms with Crippen molar-refractivity contribution in [2.75, 3.05) is 19.5 Å². The molecule has 39 heavy (non-hydrogen) atoms. The summed E-state index contributed by atoms with van der Waals surface area (Å²) in [5, 5.41) is 9.34. The molecular formula is C27H21F2N5O5. The highest BCUT2D eigenvalue weighted by Crippen LogP contribution is 2.37. The van der Waals surface area contributed by atoms with E-state index >= 15 is 0 Å². The number of anilines is 1. The fourth-order valence-electron chi connectivity index (χ4n) is 3.97. The number of carbonyl (C=O) groups excluding carboxylic acids is 2. The predicted octanol–water partition coefficient (Wildman–Crippen LogP) is 5.02. The van der Waals surface area contributed by atoms with Crippen LogP contribution in [0.15, 0.2) is 67.0 Å². The number of hydrogen-bond acceptors (Lipinski definition) is 7. The van der Waals surface area contributed by atoms with E-state index in [1.54, 1.807) is 24.3 Å². The van der Waals surface area contributed by atoms with Gasteiger partial charge < -0.3 is 19.5 Å². The largest absolute Gasteiger partial charge is 0.493 e. The first kappa shape index (κ1) is 25.4. The van der Waals surface area contributed by atoms with Crippen molar-refractivity contribution in [3.63, 3.8) is 0 Å². The molecule has 0 radical (unpaired) electrons. The molecule has 5 aromatic rings. The van der Waals surface area contributed by atoms with Gasteiger partial charge in [0.05, 0.1) is 36.8 Å². The van der Waals surface area contributed by atoms with E-state index in [0.29, 0.717) is 33.7 Å². The molecule has 10 nitrogen and oxygen atoms in total. The van der Waals surface area contributed by atoms with E-state index in [9.17, 15) is 18.4 Å². The van der Waals surface area contributed by atoms with Gasteiger partial charge in [-0.25, -0.2) is 13.6 Å². The summed E-state index contributed by atoms with van der Waals surface area (Å²) in [4.78, 5) is 28.9. The second kappa shape index (κ2) is 10.6. The lowest BCUT2D eigenvalue weighted by atomic mass is 10.2. The van der Waals surface area contributed by atoms with Crippen LogP contribution in [0, 0.1) is 11.6 Å². The molecule has 0 spiro atoms. The number of ether oxygens (including phenoxy) is 3. The molecule has 0 aliphatic heterocycles. The number of aromatic nitrogens is 3. The number of methoxy groups -OCH3 is 2. The van der Waals surface area contributed by atoms with E-state index in [1.807, 2.05) is 0 Å². The standard InChI is InChI=1S/C27H21F2N5O5/c1-37-24-11-16-20(12-25(24)38-2)30-9-8-22(16)39-23-7-6-15(10-19(23)29)32-27(36)33-26(35)14-34-21-5-3-4-18(28)17(21)13-31-34/h3-13H,14H2,1-2H3,(H2,32,33,35,36). The first-order valence-corrected chi connectivity index (χ1v) is 11.6. The zero-order valence-electron chi connectivity index (χ0n) is 20.7. The van der Waals surface area contributed by atoms with Gasteiger partial charge in [0.15, 0.2) is 23.1 Å². The maximum absolute atomic E-state index is 14.9. The number of nitrogens with zero attached hydrogens (tertiary/aromatic N) is 3. The van der Waals surface area contributed by atoms with Crippen molar-refractivity contribution >= 4 is 39.4 Å². The van der Waals surface area contributed by atoms with Crippen molar-refractivity contribution in [3.8, 4) is 23.0 Å². The van der Waals surface area contributed by atoms with Crippen molar-refractivity contribution in [2.24, 2.45) is 0 Å². The van der Waals surface area contributed by atoms with Crippen LogP contribution in [0.1, 0.15) is 0 Å². The number of halogens is 2. The minimum Gasteiger partial charge on any atom is -0.493 e. The van der Waals surface area contributed by atoms with Crippen LogP contribution in [0.4, 0.5) is 19.3 Å². The molecule has 0 aliphatic rings. The number of rotatable bonds is 7. The molecule has 0 unspecified atom stereocenters. The molecular weight excluding hydrogens is 512 g/mol. The van der Waals surface area contributed by atoms with E-state index in [-0.39, 0.29) is 23.4 Å². The van der Waals surface area contributed by atoms with Gasteiger partial charge in [-0.15, -0.1) is 0 Å². The third kappa shape index (κ3) is 5.25. The molecule has 0 aliphatic carbocycles. The number of urea groups is 1. The van der Waals surface area contributed by atoms with Gasteiger partial charge in [0.25, 0.3) is 0 Å². The van der Waals surface area contributed by atoms with Crippen molar-refractivity contribution in [1.29, 1.82) is 0 Å². The van der Waals surface area contributed by atoms with Crippen LogP contribution in [0.25, 0.3) is 21.8 Å². The van der Waals surface area contributed by atoms with Crippen LogP contribution < -0.4 is 24.8 Å². The topological polar surface area (TPSA) is 117 Å². The van der Waals surface area contributed by atoms with Crippen LogP contribution in [0.2, 0.25) is 0 Å². The lowest BCUT2D eigenvalue weighted by molar-refractivity contribution is -0.120. The average molecular weight is 533 g/mol. The van der Waals surface area contributed by atoms with Gasteiger partial charge in [-0.1, -0.05) is 6.07 Å². The van der Waals surface area contributed by atoms with Gasteiger partial charge in [0.1, 0.15) is 18.1 Å². The molecule has 0 atom stereocenters. The van der Waals surface area contributed by atoms with Crippen LogP contribution in [0.5, 0.6) is 23.0 Å². The highest BCUT2D eigenvalue weighted by atomic mass is 19.1. The number of nitrogens with one attached hydrogen (secondary N) is 2. The second-order valence-electron chi connectivity index (χ2n) is 8.26. The van der Waals surface area contributed by atoms with Crippen molar-refractivity contribution in [2.45, 2.75) is 6.54 Å². The van der Waals surface area contributed by atoms with Gasteiger partial charge >= 0.3 is 6.03 Å². The molecule has 0 saturated carbocycles. The second-order valence-corrected chi connectivity index (χ2v) is 8.26. The number of amides is 3. The Morgan fingerprint density at radius 3 is 2.46 bits per heavy atom. The highest BCUT2D eigenvalue weighted by molar-refractivity contribution is 6.01. The Balaban J connectivity index is 1.26. The van der Waals surface area contributed by atoms with Gasteiger partial charge in [-0.2, -0.15) is 5.10 Å². The summed E-state index contributed by atoms with van der Waals surface area (Å²) >= 11 is 0. The monoisotopic (exact) mass is 533 g/mol. The molecule has 3 aromatic carbocycles. The highest BCUT2D eigenvalue weighted by Gasteiger charge is 2.16. The summed E-state index contributed by atoms with van der Waals surface area (Å²) in [5.41, 5.74) is 1.05. The zero-order valence-corrected chi connectivity index (χ0v) is 20.7. The maximum Gasteiger partial charge on any atom is 0.325 e. The normalized spacial score (nSPS) is 10.9. The van der Waals surface area contributed by atoms with Crippen LogP contribution in [0.3, 0.4) is 0 Å². The minimum atomic E-state index is -0.878. The number of pyridine rings is 1. The number of hydrogen-bond donors (Lipinski definition) is 2. The first-order valence-electron chi connectivity index (χ1n) is 11.6. The molecule has 0 bridgehead atoms. The van der Waals surface area contributed by atoms with E-state index in [0.717, 1.165) is 6.07 Å². The lowest BCUT2D eigenvalue weighted by Crippen LogP contribution is -2.36. The maximum atomic E-state index is 14.9. The molecule has 12 heteroatoms. The van der Waals surface area contributed by atoms with Gasteiger partial charge in [0, 0.05) is 29.4 Å². The van der Waals surface area contributed by atoms with Crippen LogP contribution in [-0.2, 0) is 11.3 Å². The summed E-state index contributed by atoms with van der Waals surface area (Å²) in [6.07, 6.45) is 2.81. The SMILES string of the molecule is COc1cc2nccc(Oc3ccc(NC(=O)NC(=O)Cn4ncc5c(F)cccc54)cc3F)c2cc1OC. The molecule has 0 fully saturated rings. The predicted molar refractivity (Wildman–Crippen MR) is 138 cm³/mol. The van der Waals surface area contributed by atoms with Gasteiger partial charge in [0.2, 0.25) is 5.91 Å². The summed E-state index contributed by atoms with van der Waals surface area (Å²) in [5.74, 6) is -0.750. The molecule has 3 amide bonds. The Labute approximate surface area is 220 Å². The first-order chi connectivity index (χ1) is 18.9. The fourth-order valence-corrected chi connectivity index (χ4v) is 3.97. The molecule has 2 N–H and O–H groups in total. The number of benzene rings is 3. The van der Waals surface area contributed by atoms with Crippen LogP contribution >= 0.6 is 0 Å². The number of carbonyl (C=O) groups is 2. The average Bonchev–Trinajstić information content (AvgIpc) is 3.33. The smallest absolute Gasteiger partial charge is 0.325 e. The van der Waals surface area contributed by atoms with Crippen molar-refractivity contribution in [1.82, 2.24) is 20.1 Å². The van der Waals surface area contributed by atoms with Crippen LogP contribution in [-0.4, -0.2) is 40.9 Å². The summed E-state index contributed by atoms with van der Waals surface area (Å²) in [6, 6.07) is 12.2. The van der Waals surface area contributed by atoms with Gasteiger partial charge in [-0.05, 0) is 36.4 Å². The Morgan fingerprint density at radius 2 is 1.69 bits per heavy atom. The summed E-state index contributed by atoms with van der Waals surface area (Å²) in [7, 11) is 3.00. The Kier molecular flexibility index (Phi) is 6.91. The Morgan fingerprint density at radius 1 is 0.897 bits per heavy atom. The summed E-state index contributed by atoms with van der Waals surface area (Å²) in [6.45, 7) is -0.321. The molecule has 198 valence electrons. The third-order valence-corrected chi connectivity index (χ3v) is 5.80. The number of fused-ring (bicyclic) bond motifs is 2. The van der Waals surface area contributed by atoms with Crippen molar-refractivity contribution in [3.05, 3.63) is 78.6 Å². The fraction of sp³-hybridized carbons (Fsp3) is 0.111. The molecule has 0 saturated heterocycles. The molecule has 5 rings (SSSR count). The summed E-state index contributed by atoms with van der Waals surface area (Å²) < 4.78 is 46.4. The lowest BCUT2D eigenvalue weighted by Gasteiger charge is -2.13. The van der Waals surface area contributed by atoms with E-state index in [2.05, 4.69) is 20.7 Å². The quantitative estimate of drug-likeness (QED) is 0.302. The van der Waals surface area contributed by atoms with E-state index < -0.39 is 23.6 Å². The Bertz CT molecular complexity index is 1720. The van der Waals surface area contributed by atoms with Gasteiger partial charge in [-0.3, -0.25) is 19.8 Å². The van der Waals surface area contributed by atoms with Crippen molar-refractivity contribution < 1.29 is 32.6 Å². The Hall–Kier alpha value is -5.26. The number of imide groups is 1. The third-order valence-electron chi connectivity index (χ3n) is 5.80. The molecule has 2 aromatic heterocycles. The van der Waals surface area contributed by atoms with E-state index in [4.69, 9.17) is 14.2 Å². The minimum absolute atomic E-state index is 0.0859. The zero-order chi connectivity index (χ0) is 27.5. The van der Waals surface area contributed by atoms with E-state index in [1.165, 1.54) is 55.6 Å².